The summed E-state index contributed by atoms with van der Waals surface area (Å²) < 4.78 is 17.3. The van der Waals surface area contributed by atoms with E-state index >= 15 is 0 Å². The molecule has 0 aliphatic rings. The van der Waals surface area contributed by atoms with Crippen LogP contribution in [-0.2, 0) is 17.4 Å². The van der Waals surface area contributed by atoms with Gasteiger partial charge in [0.05, 0.1) is 14.2 Å². The molecule has 0 aliphatic carbocycles. The molecule has 0 aliphatic heterocycles. The first-order valence-electron chi connectivity index (χ1n) is 9.05. The van der Waals surface area contributed by atoms with E-state index in [1.54, 1.807) is 14.2 Å². The summed E-state index contributed by atoms with van der Waals surface area (Å²) in [6.07, 6.45) is 0. The monoisotopic (exact) mass is 356 g/mol. The number of hydrogen-bond donors (Lipinski definition) is 0. The molecule has 0 saturated carbocycles. The van der Waals surface area contributed by atoms with Crippen molar-refractivity contribution in [2.24, 2.45) is 0 Å². The van der Waals surface area contributed by atoms with Gasteiger partial charge in [0.15, 0.2) is 0 Å². The highest BCUT2D eigenvalue weighted by molar-refractivity contribution is 5.49. The predicted molar refractivity (Wildman–Crippen MR) is 108 cm³/mol. The minimum absolute atomic E-state index is 0.0386. The Labute approximate surface area is 158 Å². The molecule has 0 N–H and O–H groups in total. The quantitative estimate of drug-likeness (QED) is 0.670. The molecule has 0 spiro atoms. The van der Waals surface area contributed by atoms with E-state index in [0.29, 0.717) is 6.61 Å². The van der Waals surface area contributed by atoms with E-state index in [-0.39, 0.29) is 10.8 Å². The number of methoxy groups -OCH3 is 2. The van der Waals surface area contributed by atoms with Gasteiger partial charge in [0, 0.05) is 5.56 Å². The Morgan fingerprint density at radius 2 is 1.35 bits per heavy atom. The molecule has 0 amide bonds. The number of rotatable bonds is 5. The average molecular weight is 357 g/mol. The van der Waals surface area contributed by atoms with Gasteiger partial charge in [-0.25, -0.2) is 0 Å². The SMILES string of the molecule is COc1cc(COc2cccc(OC)c2C(C)(C)C)ccc1C(C)(C)C. The van der Waals surface area contributed by atoms with Gasteiger partial charge in [-0.05, 0) is 40.2 Å². The van der Waals surface area contributed by atoms with Crippen molar-refractivity contribution in [1.82, 2.24) is 0 Å². The van der Waals surface area contributed by atoms with E-state index < -0.39 is 0 Å². The zero-order valence-electron chi connectivity index (χ0n) is 17.4. The van der Waals surface area contributed by atoms with Crippen LogP contribution in [0.15, 0.2) is 36.4 Å². The molecule has 3 heteroatoms. The number of benzene rings is 2. The van der Waals surface area contributed by atoms with Crippen LogP contribution < -0.4 is 14.2 Å². The second-order valence-corrected chi connectivity index (χ2v) is 8.66. The maximum atomic E-state index is 6.18. The second-order valence-electron chi connectivity index (χ2n) is 8.66. The van der Waals surface area contributed by atoms with Gasteiger partial charge in [0.1, 0.15) is 23.9 Å². The van der Waals surface area contributed by atoms with Gasteiger partial charge < -0.3 is 14.2 Å². The van der Waals surface area contributed by atoms with Gasteiger partial charge in [-0.2, -0.15) is 0 Å². The fourth-order valence-electron chi connectivity index (χ4n) is 3.15. The topological polar surface area (TPSA) is 27.7 Å². The average Bonchev–Trinajstić information content (AvgIpc) is 2.57. The Hall–Kier alpha value is -2.16. The summed E-state index contributed by atoms with van der Waals surface area (Å²) >= 11 is 0. The van der Waals surface area contributed by atoms with E-state index in [1.807, 2.05) is 18.2 Å². The largest absolute Gasteiger partial charge is 0.496 e. The lowest BCUT2D eigenvalue weighted by Gasteiger charge is -2.25. The molecular weight excluding hydrogens is 324 g/mol. The van der Waals surface area contributed by atoms with E-state index in [0.717, 1.165) is 28.4 Å². The molecule has 2 aromatic rings. The highest BCUT2D eigenvalue weighted by Gasteiger charge is 2.24. The zero-order valence-corrected chi connectivity index (χ0v) is 17.4. The van der Waals surface area contributed by atoms with Gasteiger partial charge in [0.2, 0.25) is 0 Å². The fourth-order valence-corrected chi connectivity index (χ4v) is 3.15. The van der Waals surface area contributed by atoms with Gasteiger partial charge in [0.25, 0.3) is 0 Å². The molecule has 0 saturated heterocycles. The summed E-state index contributed by atoms with van der Waals surface area (Å²) in [7, 11) is 3.42. The van der Waals surface area contributed by atoms with Crippen LogP contribution in [0.25, 0.3) is 0 Å². The van der Waals surface area contributed by atoms with Crippen LogP contribution in [0.2, 0.25) is 0 Å². The Bertz CT molecular complexity index is 749. The lowest BCUT2D eigenvalue weighted by Crippen LogP contribution is -2.15. The third kappa shape index (κ3) is 4.51. The Balaban J connectivity index is 2.30. The molecule has 0 bridgehead atoms. The van der Waals surface area contributed by atoms with Gasteiger partial charge >= 0.3 is 0 Å². The lowest BCUT2D eigenvalue weighted by molar-refractivity contribution is 0.291. The van der Waals surface area contributed by atoms with Crippen LogP contribution in [0, 0.1) is 0 Å². The van der Waals surface area contributed by atoms with Crippen molar-refractivity contribution in [2.45, 2.75) is 59.0 Å². The van der Waals surface area contributed by atoms with Gasteiger partial charge in [-0.15, -0.1) is 0 Å². The van der Waals surface area contributed by atoms with Crippen molar-refractivity contribution in [3.8, 4) is 17.2 Å². The molecule has 0 atom stereocenters. The minimum atomic E-state index is -0.0737. The van der Waals surface area contributed by atoms with Crippen molar-refractivity contribution < 1.29 is 14.2 Å². The molecule has 0 radical (unpaired) electrons. The summed E-state index contributed by atoms with van der Waals surface area (Å²) in [5.41, 5.74) is 3.32. The first kappa shape index (κ1) is 20.2. The standard InChI is InChI=1S/C23H32O3/c1-22(2,3)17-13-12-16(14-20(17)25-8)15-26-19-11-9-10-18(24-7)21(19)23(4,5)6/h9-14H,15H2,1-8H3. The molecule has 3 nitrogen and oxygen atoms in total. The van der Waals surface area contributed by atoms with Crippen molar-refractivity contribution in [3.63, 3.8) is 0 Å². The highest BCUT2D eigenvalue weighted by atomic mass is 16.5. The molecular formula is C23H32O3. The third-order valence-corrected chi connectivity index (χ3v) is 4.43. The van der Waals surface area contributed by atoms with Crippen molar-refractivity contribution in [3.05, 3.63) is 53.1 Å². The maximum Gasteiger partial charge on any atom is 0.127 e. The minimum Gasteiger partial charge on any atom is -0.496 e. The Kier molecular flexibility index (Phi) is 5.90. The lowest BCUT2D eigenvalue weighted by atomic mass is 9.85. The number of ether oxygens (including phenoxy) is 3. The molecule has 0 unspecified atom stereocenters. The molecule has 0 heterocycles. The van der Waals surface area contributed by atoms with Gasteiger partial charge in [-0.1, -0.05) is 59.7 Å². The Morgan fingerprint density at radius 3 is 1.88 bits per heavy atom. The maximum absolute atomic E-state index is 6.18. The summed E-state index contributed by atoms with van der Waals surface area (Å²) in [6, 6.07) is 12.3. The zero-order chi connectivity index (χ0) is 19.5. The Morgan fingerprint density at radius 1 is 0.731 bits per heavy atom. The van der Waals surface area contributed by atoms with Crippen molar-refractivity contribution in [1.29, 1.82) is 0 Å². The van der Waals surface area contributed by atoms with Crippen LogP contribution in [-0.4, -0.2) is 14.2 Å². The number of hydrogen-bond acceptors (Lipinski definition) is 3. The highest BCUT2D eigenvalue weighted by Crippen LogP contribution is 2.39. The van der Waals surface area contributed by atoms with E-state index in [4.69, 9.17) is 14.2 Å². The van der Waals surface area contributed by atoms with E-state index in [2.05, 4.69) is 59.7 Å². The predicted octanol–water partition coefficient (Wildman–Crippen LogP) is 5.88. The summed E-state index contributed by atoms with van der Waals surface area (Å²) in [5, 5.41) is 0. The summed E-state index contributed by atoms with van der Waals surface area (Å²) in [4.78, 5) is 0. The second kappa shape index (κ2) is 7.61. The van der Waals surface area contributed by atoms with Crippen LogP contribution in [0.4, 0.5) is 0 Å². The van der Waals surface area contributed by atoms with Crippen molar-refractivity contribution in [2.75, 3.05) is 14.2 Å². The summed E-state index contributed by atoms with van der Waals surface area (Å²) in [5.74, 6) is 2.62. The molecule has 142 valence electrons. The van der Waals surface area contributed by atoms with E-state index in [1.165, 1.54) is 5.56 Å². The van der Waals surface area contributed by atoms with Crippen molar-refractivity contribution >= 4 is 0 Å². The first-order chi connectivity index (χ1) is 12.1. The molecule has 2 aromatic carbocycles. The van der Waals surface area contributed by atoms with Crippen LogP contribution in [0.1, 0.15) is 58.2 Å². The fraction of sp³-hybridized carbons (Fsp3) is 0.478. The molecule has 0 fully saturated rings. The van der Waals surface area contributed by atoms with Crippen LogP contribution in [0.5, 0.6) is 17.2 Å². The third-order valence-electron chi connectivity index (χ3n) is 4.43. The molecule has 2 rings (SSSR count). The van der Waals surface area contributed by atoms with Crippen LogP contribution in [0.3, 0.4) is 0 Å². The normalized spacial score (nSPS) is 12.0. The first-order valence-corrected chi connectivity index (χ1v) is 9.05. The molecule has 0 aromatic heterocycles. The van der Waals surface area contributed by atoms with E-state index in [9.17, 15) is 0 Å². The molecule has 26 heavy (non-hydrogen) atoms. The summed E-state index contributed by atoms with van der Waals surface area (Å²) in [6.45, 7) is 13.5. The van der Waals surface area contributed by atoms with Crippen LogP contribution >= 0.6 is 0 Å². The van der Waals surface area contributed by atoms with Gasteiger partial charge in [-0.3, -0.25) is 0 Å². The smallest absolute Gasteiger partial charge is 0.127 e.